The van der Waals surface area contributed by atoms with Crippen LogP contribution in [0.5, 0.6) is 11.5 Å². The number of carboxylic acids is 1. The van der Waals surface area contributed by atoms with E-state index in [4.69, 9.17) is 52.6 Å². The van der Waals surface area contributed by atoms with Crippen LogP contribution in [0.3, 0.4) is 0 Å². The van der Waals surface area contributed by atoms with E-state index in [2.05, 4.69) is 36.8 Å². The summed E-state index contributed by atoms with van der Waals surface area (Å²) in [5, 5.41) is 15.8. The highest BCUT2D eigenvalue weighted by Gasteiger charge is 2.49. The number of thiophene rings is 1. The van der Waals surface area contributed by atoms with Gasteiger partial charge in [-0.1, -0.05) is 25.3 Å². The van der Waals surface area contributed by atoms with Crippen molar-refractivity contribution < 1.29 is 86.2 Å². The highest BCUT2D eigenvalue weighted by Crippen LogP contribution is 2.43. The van der Waals surface area contributed by atoms with Crippen LogP contribution in [0.1, 0.15) is 150 Å². The van der Waals surface area contributed by atoms with Crippen LogP contribution in [0.25, 0.3) is 10.1 Å². The first-order chi connectivity index (χ1) is 46.4. The maximum Gasteiger partial charge on any atom is 0.416 e. The number of hydrogen-bond acceptors (Lipinski definition) is 18. The van der Waals surface area contributed by atoms with Crippen LogP contribution in [-0.2, 0) is 54.6 Å². The molecule has 0 radical (unpaired) electrons. The molecule has 4 unspecified atom stereocenters. The Morgan fingerprint density at radius 2 is 1.17 bits per heavy atom. The number of carbonyl (C=O) groups is 7. The summed E-state index contributed by atoms with van der Waals surface area (Å²) in [6, 6.07) is 15.6. The number of nitrogens with zero attached hydrogens (tertiary/aromatic N) is 5. The molecule has 96 heavy (non-hydrogen) atoms. The number of anilines is 4. The third-order valence-corrected chi connectivity index (χ3v) is 18.3. The van der Waals surface area contributed by atoms with Crippen molar-refractivity contribution in [3.05, 3.63) is 119 Å². The van der Waals surface area contributed by atoms with Gasteiger partial charge < -0.3 is 68.0 Å². The molecule has 3 aromatic carbocycles. The van der Waals surface area contributed by atoms with Gasteiger partial charge in [-0.25, -0.2) is 19.4 Å². The molecule has 6 aliphatic heterocycles. The number of piperidine rings is 2. The van der Waals surface area contributed by atoms with E-state index in [9.17, 15) is 33.6 Å². The fourth-order valence-corrected chi connectivity index (χ4v) is 13.7. The molecule has 11 rings (SSSR count). The number of carbonyl (C=O) groups excluding carboxylic acids is 8. The first kappa shape index (κ1) is 71.4. The van der Waals surface area contributed by atoms with E-state index < -0.39 is 49.2 Å². The van der Waals surface area contributed by atoms with Crippen LogP contribution in [0.2, 0.25) is 0 Å². The van der Waals surface area contributed by atoms with Gasteiger partial charge in [-0.3, -0.25) is 24.0 Å². The van der Waals surface area contributed by atoms with Crippen LogP contribution in [-0.4, -0.2) is 157 Å². The Labute approximate surface area is 561 Å². The zero-order valence-corrected chi connectivity index (χ0v) is 55.6. The number of aromatic nitrogens is 1. The van der Waals surface area contributed by atoms with Crippen molar-refractivity contribution in [1.82, 2.24) is 14.4 Å². The Balaban J connectivity index is 0.000000234. The van der Waals surface area contributed by atoms with Crippen LogP contribution in [0, 0.1) is 20.8 Å². The van der Waals surface area contributed by atoms with E-state index in [0.717, 1.165) is 61.5 Å². The molecular formula is C70H85N7O18S. The minimum absolute atomic E-state index is 0.00402. The highest BCUT2D eigenvalue weighted by molar-refractivity contribution is 7.19. The number of hydrogen-bond donors (Lipinski definition) is 3. The fourth-order valence-electron chi connectivity index (χ4n) is 12.8. The average Bonchev–Trinajstić information content (AvgIpc) is 1.59. The summed E-state index contributed by atoms with van der Waals surface area (Å²) < 4.78 is 50.9. The summed E-state index contributed by atoms with van der Waals surface area (Å²) in [5.74, 6) is -0.822. The molecule has 6 aliphatic rings. The van der Waals surface area contributed by atoms with Gasteiger partial charge in [0.05, 0.1) is 53.5 Å². The maximum absolute atomic E-state index is 14.2. The van der Waals surface area contributed by atoms with Crippen LogP contribution in [0.4, 0.5) is 32.3 Å². The second kappa shape index (κ2) is 34.2. The van der Waals surface area contributed by atoms with Gasteiger partial charge in [-0.05, 0) is 170 Å². The van der Waals surface area contributed by atoms with Crippen molar-refractivity contribution in [3.8, 4) is 11.5 Å². The van der Waals surface area contributed by atoms with Crippen LogP contribution < -0.4 is 29.9 Å². The van der Waals surface area contributed by atoms with Gasteiger partial charge in [0.2, 0.25) is 5.91 Å². The highest BCUT2D eigenvalue weighted by atomic mass is 32.1. The number of fused-ring (bicyclic) bond motifs is 5. The molecule has 6 amide bonds. The van der Waals surface area contributed by atoms with Gasteiger partial charge in [0.15, 0.2) is 25.0 Å². The van der Waals surface area contributed by atoms with E-state index >= 15 is 0 Å². The quantitative estimate of drug-likeness (QED) is 0.0454. The molecule has 0 spiro atoms. The Hall–Kier alpha value is -8.91. The molecule has 6 atom stereocenters. The molecule has 0 saturated carbocycles. The summed E-state index contributed by atoms with van der Waals surface area (Å²) in [4.78, 5) is 116. The topological polar surface area (TPSA) is 290 Å². The number of aryl methyl sites for hydroxylation is 4. The molecule has 8 heterocycles. The molecule has 3 N–H and O–H groups in total. The van der Waals surface area contributed by atoms with E-state index in [1.165, 1.54) is 26.8 Å². The maximum atomic E-state index is 14.2. The molecule has 514 valence electrons. The van der Waals surface area contributed by atoms with E-state index in [0.29, 0.717) is 127 Å². The number of benzene rings is 3. The van der Waals surface area contributed by atoms with Crippen molar-refractivity contribution in [1.29, 1.82) is 0 Å². The van der Waals surface area contributed by atoms with Crippen molar-refractivity contribution in [2.45, 2.75) is 161 Å². The fraction of sp³-hybridized carbons (Fsp3) is 0.486. The van der Waals surface area contributed by atoms with Crippen molar-refractivity contribution in [2.24, 2.45) is 7.05 Å². The van der Waals surface area contributed by atoms with E-state index in [1.807, 2.05) is 41.8 Å². The zero-order chi connectivity index (χ0) is 68.4. The van der Waals surface area contributed by atoms with Gasteiger partial charge >= 0.3 is 24.3 Å². The average molecular weight is 1340 g/mol. The first-order valence-electron chi connectivity index (χ1n) is 32.7. The number of rotatable bonds is 21. The molecule has 0 bridgehead atoms. The molecule has 4 fully saturated rings. The van der Waals surface area contributed by atoms with E-state index in [1.54, 1.807) is 59.5 Å². The van der Waals surface area contributed by atoms with Gasteiger partial charge in [-0.15, -0.1) is 11.3 Å². The summed E-state index contributed by atoms with van der Waals surface area (Å²) in [5.41, 5.74) is 4.44. The Morgan fingerprint density at radius 3 is 1.66 bits per heavy atom. The minimum Gasteiger partial charge on any atom is -0.493 e. The minimum atomic E-state index is -0.898. The summed E-state index contributed by atoms with van der Waals surface area (Å²) >= 11 is 1.71. The number of aliphatic carboxylic acids is 1. The second-order valence-electron chi connectivity index (χ2n) is 24.2. The van der Waals surface area contributed by atoms with E-state index in [-0.39, 0.29) is 75.1 Å². The molecule has 4 saturated heterocycles. The second-order valence-corrected chi connectivity index (χ2v) is 25.5. The first-order valence-corrected chi connectivity index (χ1v) is 33.6. The van der Waals surface area contributed by atoms with Gasteiger partial charge in [0.25, 0.3) is 17.7 Å². The molecule has 25 nitrogen and oxygen atoms in total. The Kier molecular flexibility index (Phi) is 25.4. The molecule has 26 heteroatoms. The zero-order valence-electron chi connectivity index (χ0n) is 54.8. The number of ether oxygens (including phenoxy) is 8. The molecule has 2 aromatic heterocycles. The lowest BCUT2D eigenvalue weighted by Gasteiger charge is -2.42. The summed E-state index contributed by atoms with van der Waals surface area (Å²) in [6.07, 6.45) is 11.8. The van der Waals surface area contributed by atoms with Crippen LogP contribution >= 0.6 is 11.3 Å². The predicted octanol–water partition coefficient (Wildman–Crippen LogP) is 11.6. The normalized spacial score (nSPS) is 20.5. The monoisotopic (exact) mass is 1340 g/mol. The Bertz CT molecular complexity index is 3660. The Morgan fingerprint density at radius 1 is 0.656 bits per heavy atom. The van der Waals surface area contributed by atoms with Gasteiger partial charge in [-0.2, -0.15) is 9.59 Å². The SMILES string of the molecule is C=CCOC(=O)N1c2cc(OCCCC(=O)Nc3cc(C(=O)Nc4ccc5sc(C)cc5c4)n(C)c3)c(C)cc2C(=O)N2CCCC[C@H]2C1OC1CCCCO1.C=CCOC(=O)N1c2cc(OCCCC(=O)O)c(C)cc2C(=O)N2CCCC[C@H]2C1OC1CCCCO1.O=C=O. The molecule has 5 aromatic rings. The van der Waals surface area contributed by atoms with Gasteiger partial charge in [0.1, 0.15) is 30.4 Å². The number of amides is 6. The standard InChI is InChI=1S/C42H49N5O8S.C27H36N2O8.CO2/c1-5-17-54-42(51)47-33-24-35(26(2)20-31(33)40(50)46-16-8-6-11-32(46)41(47)55-38-13-7-9-18-53-38)52-19-10-12-37(48)43-30-23-34(45(4)25-30)39(49)44-29-14-15-36-28(22-29)21-27(3)56-36;1-3-13-36-27(33)29-21-17-22(34-15-8-10-23(30)31)18(2)16-19(21)25(32)28-12-6-4-9-20(28)26(29)37-24-11-5-7-14-35-24;2-1-3/h5,14-15,20-25,32,38,41H,1,6-13,16-19H2,2-4H3,(H,43,48)(H,44,49);3,16-17,20,24,26H,1,4-15H2,2H3,(H,30,31);/t32-,38?,41?;20-,24?,26?;/m00./s1. The van der Waals surface area contributed by atoms with Crippen LogP contribution in [0.15, 0.2) is 86.1 Å². The lowest BCUT2D eigenvalue weighted by atomic mass is 10.00. The molecule has 0 aliphatic carbocycles. The third kappa shape index (κ3) is 17.8. The number of carboxylic acid groups (broad SMARTS) is 1. The smallest absolute Gasteiger partial charge is 0.416 e. The third-order valence-electron chi connectivity index (χ3n) is 17.3. The van der Waals surface area contributed by atoms with Crippen molar-refractivity contribution in [2.75, 3.05) is 73.2 Å². The summed E-state index contributed by atoms with van der Waals surface area (Å²) in [6.45, 7) is 15.7. The molecular weight excluding hydrogens is 1260 g/mol. The lowest BCUT2D eigenvalue weighted by Crippen LogP contribution is -2.57. The predicted molar refractivity (Wildman–Crippen MR) is 355 cm³/mol. The number of nitrogens with one attached hydrogen (secondary N) is 2. The van der Waals surface area contributed by atoms with Crippen molar-refractivity contribution >= 4 is 92.1 Å². The van der Waals surface area contributed by atoms with Crippen molar-refractivity contribution in [3.63, 3.8) is 0 Å². The van der Waals surface area contributed by atoms with Gasteiger partial charge in [0, 0.05) is 79.8 Å². The lowest BCUT2D eigenvalue weighted by molar-refractivity contribution is -0.199. The largest absolute Gasteiger partial charge is 0.493 e. The summed E-state index contributed by atoms with van der Waals surface area (Å²) in [7, 11) is 1.75.